The fourth-order valence-electron chi connectivity index (χ4n) is 3.80. The van der Waals surface area contributed by atoms with Crippen LogP contribution in [0, 0.1) is 13.8 Å². The van der Waals surface area contributed by atoms with Gasteiger partial charge in [-0.3, -0.25) is 9.67 Å². The standard InChI is InChI=1S/C20H25N7O/c1-14-11-15(2)27(25-14)9-4-8-22-20(28)26-10-6-17-18(24-13-23-17)19(26)16-5-3-7-21-12-16/h3,5,7,11-13,19H,4,6,8-10H2,1-2H3,(H,22,28)(H,23,24)/t19-/m0/s1. The molecule has 0 bridgehead atoms. The van der Waals surface area contributed by atoms with Crippen LogP contribution in [0.5, 0.6) is 0 Å². The Labute approximate surface area is 164 Å². The summed E-state index contributed by atoms with van der Waals surface area (Å²) < 4.78 is 1.98. The highest BCUT2D eigenvalue weighted by atomic mass is 16.2. The third kappa shape index (κ3) is 3.62. The van der Waals surface area contributed by atoms with Crippen LogP contribution < -0.4 is 5.32 Å². The van der Waals surface area contributed by atoms with E-state index in [1.165, 1.54) is 0 Å². The molecule has 3 aromatic rings. The zero-order valence-corrected chi connectivity index (χ0v) is 16.2. The number of nitrogens with one attached hydrogen (secondary N) is 2. The van der Waals surface area contributed by atoms with Gasteiger partial charge >= 0.3 is 6.03 Å². The molecule has 146 valence electrons. The number of H-pyrrole nitrogens is 1. The zero-order valence-electron chi connectivity index (χ0n) is 16.2. The number of carbonyl (C=O) groups is 1. The molecule has 1 aliphatic heterocycles. The second kappa shape index (κ2) is 7.84. The van der Waals surface area contributed by atoms with E-state index in [2.05, 4.69) is 31.4 Å². The van der Waals surface area contributed by atoms with Gasteiger partial charge in [0.2, 0.25) is 0 Å². The highest BCUT2D eigenvalue weighted by Gasteiger charge is 2.34. The number of aromatic nitrogens is 5. The van der Waals surface area contributed by atoms with Gasteiger partial charge in [-0.2, -0.15) is 5.10 Å². The first-order valence-corrected chi connectivity index (χ1v) is 9.61. The number of hydrogen-bond acceptors (Lipinski definition) is 4. The van der Waals surface area contributed by atoms with Gasteiger partial charge in [-0.1, -0.05) is 6.07 Å². The Morgan fingerprint density at radius 3 is 3.04 bits per heavy atom. The molecule has 0 spiro atoms. The number of aromatic amines is 1. The molecule has 0 unspecified atom stereocenters. The smallest absolute Gasteiger partial charge is 0.318 e. The molecule has 0 saturated carbocycles. The van der Waals surface area contributed by atoms with E-state index in [9.17, 15) is 4.79 Å². The largest absolute Gasteiger partial charge is 0.348 e. The van der Waals surface area contributed by atoms with Crippen LogP contribution in [0.4, 0.5) is 4.79 Å². The molecule has 28 heavy (non-hydrogen) atoms. The van der Waals surface area contributed by atoms with E-state index in [0.29, 0.717) is 13.1 Å². The lowest BCUT2D eigenvalue weighted by Crippen LogP contribution is -2.46. The fourth-order valence-corrected chi connectivity index (χ4v) is 3.80. The average Bonchev–Trinajstić information content (AvgIpc) is 3.30. The minimum Gasteiger partial charge on any atom is -0.348 e. The molecular weight excluding hydrogens is 354 g/mol. The van der Waals surface area contributed by atoms with Gasteiger partial charge in [0.05, 0.1) is 17.7 Å². The van der Waals surface area contributed by atoms with Crippen molar-refractivity contribution in [2.45, 2.75) is 39.3 Å². The zero-order chi connectivity index (χ0) is 19.5. The molecular formula is C20H25N7O. The molecule has 8 nitrogen and oxygen atoms in total. The highest BCUT2D eigenvalue weighted by molar-refractivity contribution is 5.75. The molecule has 0 aliphatic carbocycles. The van der Waals surface area contributed by atoms with E-state index in [-0.39, 0.29) is 12.1 Å². The lowest BCUT2D eigenvalue weighted by atomic mass is 9.97. The predicted molar refractivity (Wildman–Crippen MR) is 105 cm³/mol. The number of pyridine rings is 1. The van der Waals surface area contributed by atoms with Gasteiger partial charge in [0, 0.05) is 49.8 Å². The van der Waals surface area contributed by atoms with Crippen molar-refractivity contribution in [1.29, 1.82) is 0 Å². The molecule has 0 fully saturated rings. The van der Waals surface area contributed by atoms with Crippen LogP contribution in [0.1, 0.15) is 40.8 Å². The molecule has 2 N–H and O–H groups in total. The molecule has 4 rings (SSSR count). The Hall–Kier alpha value is -3.16. The van der Waals surface area contributed by atoms with Crippen molar-refractivity contribution in [3.8, 4) is 0 Å². The van der Waals surface area contributed by atoms with E-state index < -0.39 is 0 Å². The maximum Gasteiger partial charge on any atom is 0.318 e. The number of aryl methyl sites for hydroxylation is 3. The SMILES string of the molecule is Cc1cc(C)n(CCCNC(=O)N2CCc3[nH]cnc3[C@@H]2c2cccnc2)n1. The van der Waals surface area contributed by atoms with E-state index in [0.717, 1.165) is 47.7 Å². The van der Waals surface area contributed by atoms with Crippen LogP contribution >= 0.6 is 0 Å². The summed E-state index contributed by atoms with van der Waals surface area (Å²) in [4.78, 5) is 26.7. The van der Waals surface area contributed by atoms with Crippen LogP contribution in [0.2, 0.25) is 0 Å². The third-order valence-electron chi connectivity index (χ3n) is 5.11. The Bertz CT molecular complexity index is 947. The molecule has 3 aromatic heterocycles. The number of nitrogens with zero attached hydrogens (tertiary/aromatic N) is 5. The molecule has 4 heterocycles. The molecule has 0 aromatic carbocycles. The van der Waals surface area contributed by atoms with E-state index >= 15 is 0 Å². The monoisotopic (exact) mass is 379 g/mol. The van der Waals surface area contributed by atoms with Gasteiger partial charge in [-0.05, 0) is 38.0 Å². The van der Waals surface area contributed by atoms with Gasteiger partial charge < -0.3 is 15.2 Å². The average molecular weight is 379 g/mol. The van der Waals surface area contributed by atoms with Crippen molar-refractivity contribution in [3.05, 3.63) is 65.3 Å². The Kier molecular flexibility index (Phi) is 5.10. The minimum absolute atomic E-state index is 0.0733. The summed E-state index contributed by atoms with van der Waals surface area (Å²) in [6, 6.07) is 5.65. The Balaban J connectivity index is 1.42. The maximum atomic E-state index is 12.9. The molecule has 0 radical (unpaired) electrons. The van der Waals surface area contributed by atoms with E-state index in [1.54, 1.807) is 18.7 Å². The number of fused-ring (bicyclic) bond motifs is 1. The van der Waals surface area contributed by atoms with Crippen LogP contribution in [-0.4, -0.2) is 48.8 Å². The van der Waals surface area contributed by atoms with Crippen molar-refractivity contribution in [2.24, 2.45) is 0 Å². The number of amides is 2. The van der Waals surface area contributed by atoms with Crippen LogP contribution in [0.3, 0.4) is 0 Å². The van der Waals surface area contributed by atoms with Crippen molar-refractivity contribution in [1.82, 2.24) is 34.9 Å². The number of carbonyl (C=O) groups excluding carboxylic acids is 1. The second-order valence-corrected chi connectivity index (χ2v) is 7.13. The second-order valence-electron chi connectivity index (χ2n) is 7.13. The topological polar surface area (TPSA) is 91.7 Å². The maximum absolute atomic E-state index is 12.9. The summed E-state index contributed by atoms with van der Waals surface area (Å²) in [5, 5.41) is 7.52. The van der Waals surface area contributed by atoms with Crippen LogP contribution in [0.15, 0.2) is 36.9 Å². The van der Waals surface area contributed by atoms with Gasteiger partial charge in [0.1, 0.15) is 6.04 Å². The van der Waals surface area contributed by atoms with Crippen molar-refractivity contribution in [2.75, 3.05) is 13.1 Å². The summed E-state index contributed by atoms with van der Waals surface area (Å²) >= 11 is 0. The quantitative estimate of drug-likeness (QED) is 0.666. The number of rotatable bonds is 5. The summed E-state index contributed by atoms with van der Waals surface area (Å²) in [5.41, 5.74) is 5.11. The minimum atomic E-state index is -0.222. The predicted octanol–water partition coefficient (Wildman–Crippen LogP) is 2.37. The summed E-state index contributed by atoms with van der Waals surface area (Å²) in [7, 11) is 0. The summed E-state index contributed by atoms with van der Waals surface area (Å²) in [5.74, 6) is 0. The van der Waals surface area contributed by atoms with E-state index in [4.69, 9.17) is 0 Å². The Morgan fingerprint density at radius 2 is 2.29 bits per heavy atom. The molecule has 1 atom stereocenters. The number of hydrogen-bond donors (Lipinski definition) is 2. The molecule has 2 amide bonds. The number of urea groups is 1. The Morgan fingerprint density at radius 1 is 1.39 bits per heavy atom. The fraction of sp³-hybridized carbons (Fsp3) is 0.400. The lowest BCUT2D eigenvalue weighted by molar-refractivity contribution is 0.178. The van der Waals surface area contributed by atoms with Gasteiger partial charge in [-0.15, -0.1) is 0 Å². The first-order valence-electron chi connectivity index (χ1n) is 9.61. The van der Waals surface area contributed by atoms with Crippen LogP contribution in [0.25, 0.3) is 0 Å². The summed E-state index contributed by atoms with van der Waals surface area (Å²) in [6.07, 6.45) is 6.83. The first kappa shape index (κ1) is 18.2. The molecule has 8 heteroatoms. The lowest BCUT2D eigenvalue weighted by Gasteiger charge is -2.35. The van der Waals surface area contributed by atoms with Gasteiger partial charge in [0.15, 0.2) is 0 Å². The number of imidazole rings is 1. The van der Waals surface area contributed by atoms with Gasteiger partial charge in [0.25, 0.3) is 0 Å². The van der Waals surface area contributed by atoms with Gasteiger partial charge in [-0.25, -0.2) is 9.78 Å². The third-order valence-corrected chi connectivity index (χ3v) is 5.11. The first-order chi connectivity index (χ1) is 13.6. The summed E-state index contributed by atoms with van der Waals surface area (Å²) in [6.45, 7) is 6.06. The highest BCUT2D eigenvalue weighted by Crippen LogP contribution is 2.32. The van der Waals surface area contributed by atoms with Crippen molar-refractivity contribution < 1.29 is 4.79 Å². The molecule has 1 aliphatic rings. The van der Waals surface area contributed by atoms with Crippen molar-refractivity contribution >= 4 is 6.03 Å². The van der Waals surface area contributed by atoms with Crippen LogP contribution in [-0.2, 0) is 13.0 Å². The van der Waals surface area contributed by atoms with Crippen molar-refractivity contribution in [3.63, 3.8) is 0 Å². The van der Waals surface area contributed by atoms with E-state index in [1.807, 2.05) is 35.6 Å². The molecule has 0 saturated heterocycles. The normalized spacial score (nSPS) is 16.1.